The van der Waals surface area contributed by atoms with Crippen LogP contribution in [0.4, 0.5) is 0 Å². The van der Waals surface area contributed by atoms with Crippen molar-refractivity contribution in [1.29, 1.82) is 0 Å². The topological polar surface area (TPSA) is 48.1 Å². The quantitative estimate of drug-likeness (QED) is 0.243. The third-order valence-corrected chi connectivity index (χ3v) is 5.74. The van der Waals surface area contributed by atoms with Gasteiger partial charge in [-0.25, -0.2) is 0 Å². The van der Waals surface area contributed by atoms with Gasteiger partial charge in [-0.3, -0.25) is 0 Å². The summed E-state index contributed by atoms with van der Waals surface area (Å²) in [5.74, 6) is 0. The molecule has 0 aliphatic heterocycles. The first-order chi connectivity index (χ1) is 12.9. The second-order valence-corrected chi connectivity index (χ2v) is 7.71. The monoisotopic (exact) mass is 378 g/mol. The zero-order chi connectivity index (χ0) is 20.5. The van der Waals surface area contributed by atoms with E-state index in [1.807, 2.05) is 21.1 Å². The van der Waals surface area contributed by atoms with Crippen LogP contribution >= 0.6 is 0 Å². The summed E-state index contributed by atoms with van der Waals surface area (Å²) in [6.45, 7) is 12.1. The smallest absolute Gasteiger partial charge is 0.0178 e. The Kier molecular flexibility index (Phi) is 14.8. The Morgan fingerprint density at radius 2 is 0.852 bits per heavy atom. The molecule has 27 heavy (non-hydrogen) atoms. The average molecular weight is 379 g/mol. The predicted octanol–water partition coefficient (Wildman–Crippen LogP) is 4.83. The second-order valence-electron chi connectivity index (χ2n) is 7.71. The maximum Gasteiger partial charge on any atom is 0.0178 e. The van der Waals surface area contributed by atoms with E-state index in [2.05, 4.69) is 48.1 Å². The van der Waals surface area contributed by atoms with Crippen LogP contribution < -0.4 is 21.3 Å². The Bertz CT molecular complexity index is 368. The molecule has 0 aliphatic carbocycles. The molecule has 4 nitrogen and oxygen atoms in total. The van der Waals surface area contributed by atoms with E-state index in [1.165, 1.54) is 57.8 Å². The van der Waals surface area contributed by atoms with Gasteiger partial charge in [0.1, 0.15) is 0 Å². The Morgan fingerprint density at radius 3 is 1.07 bits per heavy atom. The van der Waals surface area contributed by atoms with Crippen molar-refractivity contribution in [3.63, 3.8) is 0 Å². The number of allylic oxidation sites excluding steroid dienone is 3. The highest BCUT2D eigenvalue weighted by atomic mass is 14.9. The Morgan fingerprint density at radius 1 is 0.556 bits per heavy atom. The van der Waals surface area contributed by atoms with Gasteiger partial charge in [0.05, 0.1) is 0 Å². The van der Waals surface area contributed by atoms with Crippen molar-refractivity contribution in [2.24, 2.45) is 0 Å². The van der Waals surface area contributed by atoms with Crippen LogP contribution in [0.3, 0.4) is 0 Å². The summed E-state index contributed by atoms with van der Waals surface area (Å²) in [5, 5.41) is 13.2. The molecular formula is C23H46N4. The van der Waals surface area contributed by atoms with Crippen LogP contribution in [-0.4, -0.2) is 33.7 Å². The number of rotatable bonds is 19. The predicted molar refractivity (Wildman–Crippen MR) is 122 cm³/mol. The van der Waals surface area contributed by atoms with E-state index >= 15 is 0 Å². The van der Waals surface area contributed by atoms with Crippen LogP contribution in [0.25, 0.3) is 0 Å². The van der Waals surface area contributed by atoms with Crippen molar-refractivity contribution in [1.82, 2.24) is 21.3 Å². The summed E-state index contributed by atoms with van der Waals surface area (Å²) >= 11 is 0. The second kappa shape index (κ2) is 15.6. The fourth-order valence-electron chi connectivity index (χ4n) is 3.53. The summed E-state index contributed by atoms with van der Waals surface area (Å²) in [6, 6.07) is 0. The van der Waals surface area contributed by atoms with E-state index in [9.17, 15) is 0 Å². The molecular weight excluding hydrogens is 332 g/mol. The van der Waals surface area contributed by atoms with Crippen molar-refractivity contribution >= 4 is 0 Å². The Hall–Kier alpha value is -1.42. The lowest BCUT2D eigenvalue weighted by Gasteiger charge is -2.34. The van der Waals surface area contributed by atoms with Crippen LogP contribution in [0.15, 0.2) is 36.8 Å². The molecule has 0 aliphatic rings. The van der Waals surface area contributed by atoms with E-state index in [4.69, 9.17) is 0 Å². The lowest BCUT2D eigenvalue weighted by molar-refractivity contribution is 0.255. The van der Waals surface area contributed by atoms with Crippen molar-refractivity contribution in [2.75, 3.05) is 28.2 Å². The first kappa shape index (κ1) is 25.6. The van der Waals surface area contributed by atoms with Crippen molar-refractivity contribution < 1.29 is 0 Å². The minimum Gasteiger partial charge on any atom is -0.392 e. The molecule has 0 bridgehead atoms. The zero-order valence-corrected chi connectivity index (χ0v) is 18.6. The van der Waals surface area contributed by atoms with Crippen LogP contribution in [0, 0.1) is 0 Å². The van der Waals surface area contributed by atoms with Gasteiger partial charge in [0.25, 0.3) is 0 Å². The SMILES string of the molecule is C=C(CCCCC(CCCCC(=C)NC)(CCCCC(=C)NC)NC)NC. The summed E-state index contributed by atoms with van der Waals surface area (Å²) < 4.78 is 0. The lowest BCUT2D eigenvalue weighted by atomic mass is 9.82. The zero-order valence-electron chi connectivity index (χ0n) is 18.6. The highest BCUT2D eigenvalue weighted by Crippen LogP contribution is 2.29. The van der Waals surface area contributed by atoms with Gasteiger partial charge in [0, 0.05) is 43.8 Å². The minimum absolute atomic E-state index is 0.253. The van der Waals surface area contributed by atoms with Crippen LogP contribution in [0.1, 0.15) is 77.0 Å². The number of nitrogens with one attached hydrogen (secondary N) is 4. The van der Waals surface area contributed by atoms with Gasteiger partial charge in [0.2, 0.25) is 0 Å². The molecule has 0 spiro atoms. The Balaban J connectivity index is 4.53. The van der Waals surface area contributed by atoms with Crippen molar-refractivity contribution in [2.45, 2.75) is 82.6 Å². The molecule has 0 rings (SSSR count). The van der Waals surface area contributed by atoms with E-state index in [-0.39, 0.29) is 5.54 Å². The molecule has 0 saturated heterocycles. The third-order valence-electron chi connectivity index (χ3n) is 5.74. The molecule has 4 N–H and O–H groups in total. The third kappa shape index (κ3) is 12.6. The van der Waals surface area contributed by atoms with E-state index in [0.717, 1.165) is 36.4 Å². The fourth-order valence-corrected chi connectivity index (χ4v) is 3.53. The van der Waals surface area contributed by atoms with Crippen LogP contribution in [0.2, 0.25) is 0 Å². The van der Waals surface area contributed by atoms with Gasteiger partial charge in [-0.2, -0.15) is 0 Å². The fraction of sp³-hybridized carbons (Fsp3) is 0.739. The number of hydrogen-bond acceptors (Lipinski definition) is 4. The van der Waals surface area contributed by atoms with Crippen molar-refractivity contribution in [3.8, 4) is 0 Å². The highest BCUT2D eigenvalue weighted by Gasteiger charge is 2.26. The van der Waals surface area contributed by atoms with Gasteiger partial charge < -0.3 is 21.3 Å². The van der Waals surface area contributed by atoms with E-state index in [0.29, 0.717) is 0 Å². The van der Waals surface area contributed by atoms with Crippen LogP contribution in [0.5, 0.6) is 0 Å². The Labute approximate surface area is 169 Å². The minimum atomic E-state index is 0.253. The van der Waals surface area contributed by atoms with E-state index in [1.54, 1.807) is 0 Å². The normalized spacial score (nSPS) is 11.1. The summed E-state index contributed by atoms with van der Waals surface area (Å²) in [4.78, 5) is 0. The van der Waals surface area contributed by atoms with Gasteiger partial charge in [0.15, 0.2) is 0 Å². The molecule has 0 aromatic heterocycles. The molecule has 0 fully saturated rings. The first-order valence-corrected chi connectivity index (χ1v) is 10.7. The van der Waals surface area contributed by atoms with Gasteiger partial charge in [-0.1, -0.05) is 39.0 Å². The van der Waals surface area contributed by atoms with E-state index < -0.39 is 0 Å². The molecule has 4 heteroatoms. The molecule has 0 radical (unpaired) electrons. The molecule has 0 aromatic carbocycles. The standard InChI is InChI=1S/C23H46N4/c1-20(24-4)14-8-11-17-23(27-7,18-12-9-15-21(2)25-5)19-13-10-16-22(3)26-6/h24-27H,1-3,8-19H2,4-7H3. The number of unbranched alkanes of at least 4 members (excludes halogenated alkanes) is 3. The molecule has 158 valence electrons. The first-order valence-electron chi connectivity index (χ1n) is 10.7. The summed E-state index contributed by atoms with van der Waals surface area (Å²) in [5.41, 5.74) is 3.67. The summed E-state index contributed by atoms with van der Waals surface area (Å²) in [6.07, 6.45) is 14.3. The maximum absolute atomic E-state index is 4.04. The molecule has 0 saturated carbocycles. The van der Waals surface area contributed by atoms with Crippen LogP contribution in [-0.2, 0) is 0 Å². The van der Waals surface area contributed by atoms with Crippen molar-refractivity contribution in [3.05, 3.63) is 36.8 Å². The molecule has 0 atom stereocenters. The maximum atomic E-state index is 4.04. The average Bonchev–Trinajstić information content (AvgIpc) is 2.70. The summed E-state index contributed by atoms with van der Waals surface area (Å²) in [7, 11) is 8.01. The highest BCUT2D eigenvalue weighted by molar-refractivity contribution is 4.93. The lowest BCUT2D eigenvalue weighted by Crippen LogP contribution is -2.43. The van der Waals surface area contributed by atoms with Gasteiger partial charge >= 0.3 is 0 Å². The molecule has 0 amide bonds. The molecule has 0 unspecified atom stereocenters. The number of hydrogen-bond donors (Lipinski definition) is 4. The molecule has 0 heterocycles. The van der Waals surface area contributed by atoms with Gasteiger partial charge in [-0.05, 0) is 64.8 Å². The van der Waals surface area contributed by atoms with Gasteiger partial charge in [-0.15, -0.1) is 0 Å². The largest absolute Gasteiger partial charge is 0.392 e. The molecule has 0 aromatic rings.